The second-order valence-electron chi connectivity index (χ2n) is 8.19. The van der Waals surface area contributed by atoms with Crippen LogP contribution in [0.25, 0.3) is 0 Å². The minimum absolute atomic E-state index is 0.361. The fourth-order valence-electron chi connectivity index (χ4n) is 3.52. The predicted octanol–water partition coefficient (Wildman–Crippen LogP) is 9.15. The first kappa shape index (κ1) is 23.2. The van der Waals surface area contributed by atoms with E-state index in [2.05, 4.69) is 45.9 Å². The van der Waals surface area contributed by atoms with Gasteiger partial charge in [0.2, 0.25) is 0 Å². The van der Waals surface area contributed by atoms with Crippen molar-refractivity contribution in [3.05, 3.63) is 93.5 Å². The van der Waals surface area contributed by atoms with Crippen LogP contribution >= 0.6 is 23.2 Å². The van der Waals surface area contributed by atoms with Gasteiger partial charge >= 0.3 is 0 Å². The number of halogens is 2. The van der Waals surface area contributed by atoms with Crippen LogP contribution in [0.5, 0.6) is 0 Å². The first-order valence-electron chi connectivity index (χ1n) is 10.6. The molecule has 0 amide bonds. The Kier molecular flexibility index (Phi) is 7.69. The van der Waals surface area contributed by atoms with Crippen LogP contribution in [0.1, 0.15) is 63.1 Å². The van der Waals surface area contributed by atoms with Crippen LogP contribution in [0.3, 0.4) is 0 Å². The zero-order valence-electron chi connectivity index (χ0n) is 18.7. The summed E-state index contributed by atoms with van der Waals surface area (Å²) in [6.45, 7) is 10.8. The van der Waals surface area contributed by atoms with Crippen molar-refractivity contribution in [2.45, 2.75) is 46.5 Å². The maximum absolute atomic E-state index is 6.43. The molecule has 2 nitrogen and oxygen atoms in total. The Balaban J connectivity index is 2.25. The molecule has 31 heavy (non-hydrogen) atoms. The SMILES string of the molecule is CC(=Nc1c(C(C)C)cccc1C(C)C)C(=Nc1c(Cl)cccc1Cl)c1ccccc1. The van der Waals surface area contributed by atoms with Crippen LogP contribution in [-0.2, 0) is 0 Å². The van der Waals surface area contributed by atoms with Gasteiger partial charge in [-0.3, -0.25) is 4.99 Å². The number of nitrogens with zero attached hydrogens (tertiary/aromatic N) is 2. The van der Waals surface area contributed by atoms with Gasteiger partial charge in [0.15, 0.2) is 0 Å². The molecule has 0 radical (unpaired) electrons. The third-order valence-electron chi connectivity index (χ3n) is 5.17. The van der Waals surface area contributed by atoms with Crippen molar-refractivity contribution < 1.29 is 0 Å². The van der Waals surface area contributed by atoms with Gasteiger partial charge in [0.25, 0.3) is 0 Å². The fraction of sp³-hybridized carbons (Fsp3) is 0.259. The summed E-state index contributed by atoms with van der Waals surface area (Å²) in [5.41, 5.74) is 6.58. The molecule has 0 saturated carbocycles. The highest BCUT2D eigenvalue weighted by molar-refractivity contribution is 6.49. The Labute approximate surface area is 195 Å². The number of para-hydroxylation sites is 2. The number of benzene rings is 3. The summed E-state index contributed by atoms with van der Waals surface area (Å²) in [4.78, 5) is 10.0. The second kappa shape index (κ2) is 10.3. The number of aliphatic imine (C=N–C) groups is 2. The molecule has 0 spiro atoms. The van der Waals surface area contributed by atoms with E-state index < -0.39 is 0 Å². The largest absolute Gasteiger partial charge is 0.251 e. The van der Waals surface area contributed by atoms with Crippen LogP contribution in [0.4, 0.5) is 11.4 Å². The second-order valence-corrected chi connectivity index (χ2v) is 9.00. The lowest BCUT2D eigenvalue weighted by molar-refractivity contribution is 0.835. The Morgan fingerprint density at radius 2 is 1.16 bits per heavy atom. The van der Waals surface area contributed by atoms with E-state index in [1.165, 1.54) is 11.1 Å². The molecule has 3 rings (SSSR count). The molecule has 0 heterocycles. The molecule has 0 bridgehead atoms. The van der Waals surface area contributed by atoms with Crippen molar-refractivity contribution in [1.82, 2.24) is 0 Å². The van der Waals surface area contributed by atoms with Crippen molar-refractivity contribution in [1.29, 1.82) is 0 Å². The summed E-state index contributed by atoms with van der Waals surface area (Å²) < 4.78 is 0. The predicted molar refractivity (Wildman–Crippen MR) is 136 cm³/mol. The van der Waals surface area contributed by atoms with Gasteiger partial charge in [-0.15, -0.1) is 0 Å². The van der Waals surface area contributed by atoms with Crippen LogP contribution < -0.4 is 0 Å². The molecule has 0 unspecified atom stereocenters. The van der Waals surface area contributed by atoms with E-state index in [0.717, 1.165) is 22.7 Å². The zero-order chi connectivity index (χ0) is 22.5. The topological polar surface area (TPSA) is 24.7 Å². The molecule has 0 atom stereocenters. The van der Waals surface area contributed by atoms with E-state index in [-0.39, 0.29) is 0 Å². The van der Waals surface area contributed by atoms with Crippen LogP contribution in [0.15, 0.2) is 76.7 Å². The Bertz CT molecular complexity index is 1070. The van der Waals surface area contributed by atoms with E-state index in [4.69, 9.17) is 33.2 Å². The molecular weight excluding hydrogens is 423 g/mol. The van der Waals surface area contributed by atoms with Gasteiger partial charge in [-0.2, -0.15) is 0 Å². The lowest BCUT2D eigenvalue weighted by Gasteiger charge is -2.17. The average molecular weight is 451 g/mol. The highest BCUT2D eigenvalue weighted by Gasteiger charge is 2.16. The minimum Gasteiger partial charge on any atom is -0.251 e. The minimum atomic E-state index is 0.361. The normalized spacial score (nSPS) is 12.7. The average Bonchev–Trinajstić information content (AvgIpc) is 2.74. The van der Waals surface area contributed by atoms with E-state index in [1.807, 2.05) is 43.3 Å². The fourth-order valence-corrected chi connectivity index (χ4v) is 4.00. The third kappa shape index (κ3) is 5.44. The monoisotopic (exact) mass is 450 g/mol. The number of hydrogen-bond acceptors (Lipinski definition) is 2. The maximum atomic E-state index is 6.43. The van der Waals surface area contributed by atoms with Crippen molar-refractivity contribution >= 4 is 46.0 Å². The molecule has 0 saturated heterocycles. The first-order chi connectivity index (χ1) is 14.8. The van der Waals surface area contributed by atoms with Gasteiger partial charge in [0.05, 0.1) is 27.2 Å². The summed E-state index contributed by atoms with van der Waals surface area (Å²) in [5, 5.41) is 1.03. The summed E-state index contributed by atoms with van der Waals surface area (Å²) in [6, 6.07) is 21.9. The molecule has 3 aromatic carbocycles. The van der Waals surface area contributed by atoms with E-state index in [0.29, 0.717) is 27.6 Å². The Morgan fingerprint density at radius 3 is 1.68 bits per heavy atom. The Morgan fingerprint density at radius 1 is 0.645 bits per heavy atom. The van der Waals surface area contributed by atoms with Crippen LogP contribution in [-0.4, -0.2) is 11.4 Å². The molecule has 160 valence electrons. The van der Waals surface area contributed by atoms with Crippen molar-refractivity contribution in [3.8, 4) is 0 Å². The Hall–Kier alpha value is -2.42. The molecule has 0 aromatic heterocycles. The van der Waals surface area contributed by atoms with Crippen molar-refractivity contribution in [2.75, 3.05) is 0 Å². The summed E-state index contributed by atoms with van der Waals surface area (Å²) in [7, 11) is 0. The molecule has 3 aromatic rings. The molecule has 0 N–H and O–H groups in total. The molecule has 0 aliphatic carbocycles. The summed E-state index contributed by atoms with van der Waals surface area (Å²) in [5.74, 6) is 0.723. The summed E-state index contributed by atoms with van der Waals surface area (Å²) >= 11 is 12.9. The third-order valence-corrected chi connectivity index (χ3v) is 5.78. The van der Waals surface area contributed by atoms with Gasteiger partial charge in [-0.25, -0.2) is 4.99 Å². The lowest BCUT2D eigenvalue weighted by atomic mass is 9.92. The summed E-state index contributed by atoms with van der Waals surface area (Å²) in [6.07, 6.45) is 0. The standard InChI is InChI=1S/C27H28Cl2N2/c1-17(2)21-13-9-14-22(18(3)4)26(21)30-19(5)25(20-11-7-6-8-12-20)31-27-23(28)15-10-16-24(27)29/h6-18H,1-5H3. The van der Waals surface area contributed by atoms with E-state index in [1.54, 1.807) is 12.1 Å². The molecule has 0 aliphatic rings. The molecule has 0 fully saturated rings. The van der Waals surface area contributed by atoms with Gasteiger partial charge in [0, 0.05) is 5.56 Å². The number of rotatable bonds is 6. The smallest absolute Gasteiger partial charge is 0.101 e. The van der Waals surface area contributed by atoms with Crippen LogP contribution in [0, 0.1) is 0 Å². The first-order valence-corrected chi connectivity index (χ1v) is 11.3. The highest BCUT2D eigenvalue weighted by atomic mass is 35.5. The maximum Gasteiger partial charge on any atom is 0.101 e. The van der Waals surface area contributed by atoms with Gasteiger partial charge in [0.1, 0.15) is 5.69 Å². The van der Waals surface area contributed by atoms with E-state index >= 15 is 0 Å². The van der Waals surface area contributed by atoms with Crippen molar-refractivity contribution in [3.63, 3.8) is 0 Å². The highest BCUT2D eigenvalue weighted by Crippen LogP contribution is 2.36. The van der Waals surface area contributed by atoms with Gasteiger partial charge < -0.3 is 0 Å². The number of hydrogen-bond donors (Lipinski definition) is 0. The van der Waals surface area contributed by atoms with E-state index in [9.17, 15) is 0 Å². The van der Waals surface area contributed by atoms with Gasteiger partial charge in [-0.05, 0) is 42.0 Å². The van der Waals surface area contributed by atoms with Crippen LogP contribution in [0.2, 0.25) is 10.0 Å². The zero-order valence-corrected chi connectivity index (χ0v) is 20.2. The van der Waals surface area contributed by atoms with Gasteiger partial charge in [-0.1, -0.05) is 105 Å². The molecule has 4 heteroatoms. The quantitative estimate of drug-likeness (QED) is 0.334. The lowest BCUT2D eigenvalue weighted by Crippen LogP contribution is -2.12. The molecular formula is C27H28Cl2N2. The molecule has 0 aliphatic heterocycles. The van der Waals surface area contributed by atoms with Crippen molar-refractivity contribution in [2.24, 2.45) is 9.98 Å².